The smallest absolute Gasteiger partial charge is 0.363 e. The van der Waals surface area contributed by atoms with Crippen LogP contribution in [0.25, 0.3) is 0 Å². The third-order valence-corrected chi connectivity index (χ3v) is 16.1. The number of rotatable bonds is 8. The Bertz CT molecular complexity index is 1510. The zero-order valence-electron chi connectivity index (χ0n) is 27.7. The van der Waals surface area contributed by atoms with Gasteiger partial charge in [0.25, 0.3) is 17.6 Å². The van der Waals surface area contributed by atoms with Gasteiger partial charge in [0.05, 0.1) is 5.56 Å². The van der Waals surface area contributed by atoms with Crippen molar-refractivity contribution in [2.75, 3.05) is 7.11 Å². The van der Waals surface area contributed by atoms with Crippen LogP contribution < -0.4 is 4.43 Å². The molecule has 0 radical (unpaired) electrons. The number of carbonyl (C=O) groups excluding carboxylic acids is 3. The fraction of sp³-hybridized carbons (Fsp3) is 0.583. The molecule has 2 heterocycles. The van der Waals surface area contributed by atoms with Gasteiger partial charge >= 0.3 is 5.97 Å². The summed E-state index contributed by atoms with van der Waals surface area (Å²) in [6, 6.07) is 13.4. The van der Waals surface area contributed by atoms with E-state index < -0.39 is 37.5 Å². The first-order valence-electron chi connectivity index (χ1n) is 16.7. The molecule has 4 saturated carbocycles. The highest BCUT2D eigenvalue weighted by atomic mass is 28.4. The Hall–Kier alpha value is -3.05. The quantitative estimate of drug-likeness (QED) is 0.175. The Balaban J connectivity index is 1.20. The van der Waals surface area contributed by atoms with Crippen molar-refractivity contribution in [1.82, 2.24) is 5.06 Å². The molecule has 1 unspecified atom stereocenters. The summed E-state index contributed by atoms with van der Waals surface area (Å²) in [4.78, 5) is 53.9. The van der Waals surface area contributed by atoms with Crippen molar-refractivity contribution in [3.8, 4) is 5.75 Å². The fourth-order valence-corrected chi connectivity index (χ4v) is 9.62. The molecular formula is C36H45NO8Si. The minimum Gasteiger partial charge on any atom is -0.543 e. The van der Waals surface area contributed by atoms with Gasteiger partial charge in [0.1, 0.15) is 5.75 Å². The van der Waals surface area contributed by atoms with Crippen molar-refractivity contribution in [2.24, 2.45) is 23.7 Å². The maximum Gasteiger partial charge on any atom is 0.363 e. The normalized spacial score (nSPS) is 31.8. The molecule has 4 bridgehead atoms. The van der Waals surface area contributed by atoms with Crippen LogP contribution in [0, 0.1) is 23.7 Å². The van der Waals surface area contributed by atoms with Crippen molar-refractivity contribution in [3.05, 3.63) is 64.7 Å². The molecule has 246 valence electrons. The van der Waals surface area contributed by atoms with E-state index in [1.54, 1.807) is 19.2 Å². The Morgan fingerprint density at radius 2 is 1.50 bits per heavy atom. The van der Waals surface area contributed by atoms with Crippen LogP contribution >= 0.6 is 0 Å². The number of ether oxygens (including phenoxy) is 1. The highest BCUT2D eigenvalue weighted by molar-refractivity contribution is 6.74. The lowest BCUT2D eigenvalue weighted by Crippen LogP contribution is -2.76. The van der Waals surface area contributed by atoms with Crippen LogP contribution in [0.2, 0.25) is 18.1 Å². The number of nitrogens with zero attached hydrogens (tertiary/aromatic N) is 1. The Morgan fingerprint density at radius 3 is 2.02 bits per heavy atom. The molecule has 2 aromatic carbocycles. The lowest BCUT2D eigenvalue weighted by molar-refractivity contribution is -0.645. The highest BCUT2D eigenvalue weighted by Crippen LogP contribution is 2.69. The topological polar surface area (TPSA) is 101 Å². The third-order valence-electron chi connectivity index (χ3n) is 11.8. The average molecular weight is 648 g/mol. The van der Waals surface area contributed by atoms with E-state index in [4.69, 9.17) is 23.8 Å². The summed E-state index contributed by atoms with van der Waals surface area (Å²) < 4.78 is 13.3. The molecule has 0 N–H and O–H groups in total. The zero-order valence-corrected chi connectivity index (χ0v) is 28.7. The van der Waals surface area contributed by atoms with Crippen molar-refractivity contribution in [2.45, 2.75) is 102 Å². The van der Waals surface area contributed by atoms with Crippen LogP contribution in [0.3, 0.4) is 0 Å². The molecule has 1 spiro atoms. The monoisotopic (exact) mass is 647 g/mol. The number of hydrogen-bond acceptors (Lipinski definition) is 8. The molecule has 6 fully saturated rings. The summed E-state index contributed by atoms with van der Waals surface area (Å²) in [7, 11) is -0.447. The van der Waals surface area contributed by atoms with E-state index in [-0.39, 0.29) is 23.4 Å². The molecule has 8 rings (SSSR count). The Morgan fingerprint density at radius 1 is 0.891 bits per heavy atom. The van der Waals surface area contributed by atoms with E-state index in [2.05, 4.69) is 52.1 Å². The lowest BCUT2D eigenvalue weighted by atomic mass is 9.47. The van der Waals surface area contributed by atoms with E-state index in [1.807, 2.05) is 12.1 Å². The minimum atomic E-state index is -2.18. The second kappa shape index (κ2) is 11.0. The van der Waals surface area contributed by atoms with Gasteiger partial charge in [0.2, 0.25) is 8.32 Å². The van der Waals surface area contributed by atoms with Gasteiger partial charge in [0, 0.05) is 25.5 Å². The number of hydrogen-bond donors (Lipinski definition) is 0. The van der Waals surface area contributed by atoms with Gasteiger partial charge in [-0.1, -0.05) is 32.9 Å². The van der Waals surface area contributed by atoms with E-state index in [0.29, 0.717) is 23.3 Å². The van der Waals surface area contributed by atoms with Crippen LogP contribution in [0.4, 0.5) is 0 Å². The molecule has 6 aliphatic rings. The third kappa shape index (κ3) is 4.95. The van der Waals surface area contributed by atoms with E-state index >= 15 is 0 Å². The van der Waals surface area contributed by atoms with Gasteiger partial charge in [-0.3, -0.25) is 9.59 Å². The number of amides is 2. The van der Waals surface area contributed by atoms with Crippen molar-refractivity contribution < 1.29 is 38.2 Å². The van der Waals surface area contributed by atoms with Crippen molar-refractivity contribution >= 4 is 26.1 Å². The summed E-state index contributed by atoms with van der Waals surface area (Å²) in [5.41, 5.74) is 2.67. The first kappa shape index (κ1) is 31.5. The average Bonchev–Trinajstić information content (AvgIpc) is 3.28. The summed E-state index contributed by atoms with van der Waals surface area (Å²) in [5, 5.41) is 0.579. The number of hydroxylamine groups is 2. The number of benzene rings is 2. The van der Waals surface area contributed by atoms with Gasteiger partial charge in [-0.25, -0.2) is 9.68 Å². The molecule has 2 amide bonds. The Labute approximate surface area is 271 Å². The second-order valence-electron chi connectivity index (χ2n) is 15.6. The summed E-state index contributed by atoms with van der Waals surface area (Å²) in [5.74, 6) is 0.354. The van der Waals surface area contributed by atoms with Gasteiger partial charge in [-0.15, -0.1) is 5.06 Å². The van der Waals surface area contributed by atoms with Gasteiger partial charge < -0.3 is 14.0 Å². The molecule has 2 saturated heterocycles. The first-order chi connectivity index (χ1) is 21.7. The van der Waals surface area contributed by atoms with Crippen LogP contribution in [0.1, 0.15) is 92.8 Å². The van der Waals surface area contributed by atoms with Gasteiger partial charge in [-0.05, 0) is 122 Å². The van der Waals surface area contributed by atoms with E-state index in [9.17, 15) is 14.4 Å². The predicted molar refractivity (Wildman–Crippen MR) is 171 cm³/mol. The molecule has 10 heteroatoms. The molecular weight excluding hydrogens is 602 g/mol. The SMILES string of the molecule is COC1(c2cc(Cc3ccc(C(=O)ON4C(=O)CCC4=O)cc3)cc(O[Si](C)(C)C(C)(C)C)c2)OOC12C1CC3CC(C1)CC2C3. The molecule has 4 aliphatic carbocycles. The summed E-state index contributed by atoms with van der Waals surface area (Å²) >= 11 is 0. The molecule has 0 aromatic heterocycles. The number of carbonyl (C=O) groups is 3. The molecule has 2 aromatic rings. The van der Waals surface area contributed by atoms with Crippen LogP contribution in [-0.2, 0) is 41.1 Å². The Kier molecular flexibility index (Phi) is 7.55. The number of imide groups is 1. The molecule has 9 nitrogen and oxygen atoms in total. The van der Waals surface area contributed by atoms with E-state index in [1.165, 1.54) is 6.42 Å². The largest absolute Gasteiger partial charge is 0.543 e. The standard InChI is InChI=1S/C36H45NO8Si/c1-34(2,3)46(5,6)43-30-20-25(13-22-7-9-26(10-8-22)33(40)42-37-31(38)11-12-32(37)39)19-29(21-30)36(41-4)35(44-45-36)27-15-23-14-24(17-27)18-28(35)16-23/h7-10,19-21,23-24,27-28H,11-18H2,1-6H3. The van der Waals surface area contributed by atoms with E-state index in [0.717, 1.165) is 60.0 Å². The van der Waals surface area contributed by atoms with Crippen molar-refractivity contribution in [3.63, 3.8) is 0 Å². The van der Waals surface area contributed by atoms with Gasteiger partial charge in [0.15, 0.2) is 5.60 Å². The lowest BCUT2D eigenvalue weighted by Gasteiger charge is -2.68. The van der Waals surface area contributed by atoms with Crippen LogP contribution in [0.15, 0.2) is 42.5 Å². The maximum atomic E-state index is 12.7. The summed E-state index contributed by atoms with van der Waals surface area (Å²) in [6.07, 6.45) is 6.64. The fourth-order valence-electron chi connectivity index (χ4n) is 8.60. The maximum absolute atomic E-state index is 12.7. The predicted octanol–water partition coefficient (Wildman–Crippen LogP) is 6.84. The highest BCUT2D eigenvalue weighted by Gasteiger charge is 2.76. The molecule has 2 aliphatic heterocycles. The minimum absolute atomic E-state index is 0.00950. The number of methoxy groups -OCH3 is 1. The second-order valence-corrected chi connectivity index (χ2v) is 20.4. The van der Waals surface area contributed by atoms with Crippen LogP contribution in [0.5, 0.6) is 5.75 Å². The zero-order chi connectivity index (χ0) is 32.6. The molecule has 46 heavy (non-hydrogen) atoms. The molecule has 1 atom stereocenters. The van der Waals surface area contributed by atoms with Crippen LogP contribution in [-0.4, -0.2) is 43.9 Å². The summed E-state index contributed by atoms with van der Waals surface area (Å²) in [6.45, 7) is 11.2. The van der Waals surface area contributed by atoms with Gasteiger partial charge in [-0.2, -0.15) is 4.89 Å². The van der Waals surface area contributed by atoms with Crippen molar-refractivity contribution in [1.29, 1.82) is 0 Å². The first-order valence-corrected chi connectivity index (χ1v) is 19.6.